The van der Waals surface area contributed by atoms with Crippen molar-refractivity contribution in [3.8, 4) is 0 Å². The Bertz CT molecular complexity index is 467. The van der Waals surface area contributed by atoms with Crippen molar-refractivity contribution in [1.82, 2.24) is 15.1 Å². The Hall–Kier alpha value is -1.98. The lowest BCUT2D eigenvalue weighted by Gasteiger charge is -2.17. The van der Waals surface area contributed by atoms with E-state index < -0.39 is 0 Å². The first-order valence-electron chi connectivity index (χ1n) is 6.58. The van der Waals surface area contributed by atoms with Crippen LogP contribution in [-0.4, -0.2) is 47.5 Å². The SMILES string of the molecule is O=C(NCCc1ccco1)N1CC(=O)N(C2CC2)C1. The predicted octanol–water partition coefficient (Wildman–Crippen LogP) is 0.796. The molecule has 2 heterocycles. The van der Waals surface area contributed by atoms with Crippen molar-refractivity contribution < 1.29 is 14.0 Å². The number of furan rings is 1. The maximum absolute atomic E-state index is 11.9. The lowest BCUT2D eigenvalue weighted by atomic mass is 10.3. The summed E-state index contributed by atoms with van der Waals surface area (Å²) >= 11 is 0. The molecule has 6 heteroatoms. The smallest absolute Gasteiger partial charge is 0.319 e. The average molecular weight is 263 g/mol. The molecule has 0 spiro atoms. The first-order chi connectivity index (χ1) is 9.24. The van der Waals surface area contributed by atoms with Crippen LogP contribution in [0.2, 0.25) is 0 Å². The largest absolute Gasteiger partial charge is 0.469 e. The lowest BCUT2D eigenvalue weighted by molar-refractivity contribution is -0.127. The standard InChI is InChI=1S/C13H17N3O3/c17-12-8-15(9-16(12)10-3-4-10)13(18)14-6-5-11-2-1-7-19-11/h1-2,7,10H,3-6,8-9H2,(H,14,18). The van der Waals surface area contributed by atoms with E-state index in [2.05, 4.69) is 5.32 Å². The number of hydrogen-bond donors (Lipinski definition) is 1. The highest BCUT2D eigenvalue weighted by atomic mass is 16.3. The Morgan fingerprint density at radius 2 is 2.32 bits per heavy atom. The van der Waals surface area contributed by atoms with E-state index in [0.717, 1.165) is 18.6 Å². The van der Waals surface area contributed by atoms with Gasteiger partial charge in [0.05, 0.1) is 12.9 Å². The van der Waals surface area contributed by atoms with Crippen LogP contribution < -0.4 is 5.32 Å². The Labute approximate surface area is 111 Å². The number of amides is 3. The van der Waals surface area contributed by atoms with E-state index in [-0.39, 0.29) is 18.5 Å². The van der Waals surface area contributed by atoms with Crippen LogP contribution in [0, 0.1) is 0 Å². The molecule has 0 atom stereocenters. The van der Waals surface area contributed by atoms with Crippen LogP contribution in [0.25, 0.3) is 0 Å². The van der Waals surface area contributed by atoms with Gasteiger partial charge in [0, 0.05) is 19.0 Å². The van der Waals surface area contributed by atoms with Crippen LogP contribution in [0.4, 0.5) is 4.79 Å². The number of urea groups is 1. The van der Waals surface area contributed by atoms with Crippen molar-refractivity contribution in [3.63, 3.8) is 0 Å². The molecule has 3 rings (SSSR count). The van der Waals surface area contributed by atoms with Crippen molar-refractivity contribution in [2.75, 3.05) is 19.8 Å². The third kappa shape index (κ3) is 2.72. The van der Waals surface area contributed by atoms with Crippen molar-refractivity contribution in [2.45, 2.75) is 25.3 Å². The van der Waals surface area contributed by atoms with Crippen molar-refractivity contribution in [1.29, 1.82) is 0 Å². The van der Waals surface area contributed by atoms with Crippen LogP contribution >= 0.6 is 0 Å². The van der Waals surface area contributed by atoms with Gasteiger partial charge in [-0.25, -0.2) is 4.79 Å². The number of carbonyl (C=O) groups is 2. The monoisotopic (exact) mass is 263 g/mol. The van der Waals surface area contributed by atoms with Gasteiger partial charge in [-0.3, -0.25) is 9.69 Å². The highest BCUT2D eigenvalue weighted by Crippen LogP contribution is 2.29. The molecule has 0 radical (unpaired) electrons. The Balaban J connectivity index is 1.44. The summed E-state index contributed by atoms with van der Waals surface area (Å²) in [5.74, 6) is 0.904. The molecule has 1 aromatic heterocycles. The summed E-state index contributed by atoms with van der Waals surface area (Å²) in [7, 11) is 0. The Morgan fingerprint density at radius 1 is 1.47 bits per heavy atom. The molecule has 2 aliphatic rings. The topological polar surface area (TPSA) is 65.8 Å². The molecule has 1 saturated heterocycles. The van der Waals surface area contributed by atoms with E-state index >= 15 is 0 Å². The molecule has 0 unspecified atom stereocenters. The van der Waals surface area contributed by atoms with E-state index in [1.165, 1.54) is 0 Å². The summed E-state index contributed by atoms with van der Waals surface area (Å²) in [6.07, 6.45) is 4.41. The average Bonchev–Trinajstić information content (AvgIpc) is 2.96. The molecule has 1 aromatic rings. The van der Waals surface area contributed by atoms with Gasteiger partial charge < -0.3 is 14.6 Å². The van der Waals surface area contributed by atoms with Gasteiger partial charge in [-0.1, -0.05) is 0 Å². The van der Waals surface area contributed by atoms with Crippen molar-refractivity contribution >= 4 is 11.9 Å². The second kappa shape index (κ2) is 4.95. The van der Waals surface area contributed by atoms with E-state index in [4.69, 9.17) is 4.42 Å². The van der Waals surface area contributed by atoms with Crippen LogP contribution in [0.3, 0.4) is 0 Å². The maximum Gasteiger partial charge on any atom is 0.319 e. The number of nitrogens with zero attached hydrogens (tertiary/aromatic N) is 2. The van der Waals surface area contributed by atoms with Crippen molar-refractivity contribution in [2.24, 2.45) is 0 Å². The van der Waals surface area contributed by atoms with Gasteiger partial charge in [0.15, 0.2) is 0 Å². The maximum atomic E-state index is 11.9. The molecule has 1 aliphatic carbocycles. The van der Waals surface area contributed by atoms with Crippen LogP contribution in [-0.2, 0) is 11.2 Å². The molecule has 1 saturated carbocycles. The predicted molar refractivity (Wildman–Crippen MR) is 67.3 cm³/mol. The molecule has 3 amide bonds. The molecule has 102 valence electrons. The molecule has 2 fully saturated rings. The van der Waals surface area contributed by atoms with Gasteiger partial charge in [-0.2, -0.15) is 0 Å². The quantitative estimate of drug-likeness (QED) is 0.873. The van der Waals surface area contributed by atoms with Crippen LogP contribution in [0.5, 0.6) is 0 Å². The van der Waals surface area contributed by atoms with E-state index in [9.17, 15) is 9.59 Å². The van der Waals surface area contributed by atoms with Gasteiger partial charge in [0.25, 0.3) is 0 Å². The molecule has 1 aliphatic heterocycles. The van der Waals surface area contributed by atoms with Gasteiger partial charge in [-0.15, -0.1) is 0 Å². The molecule has 0 bridgehead atoms. The number of carbonyl (C=O) groups excluding carboxylic acids is 2. The molecule has 19 heavy (non-hydrogen) atoms. The fraction of sp³-hybridized carbons (Fsp3) is 0.538. The Kier molecular flexibility index (Phi) is 3.15. The third-order valence-electron chi connectivity index (χ3n) is 3.47. The summed E-state index contributed by atoms with van der Waals surface area (Å²) in [5.41, 5.74) is 0. The minimum Gasteiger partial charge on any atom is -0.469 e. The summed E-state index contributed by atoms with van der Waals surface area (Å²) in [6.45, 7) is 1.14. The summed E-state index contributed by atoms with van der Waals surface area (Å²) in [4.78, 5) is 27.0. The van der Waals surface area contributed by atoms with Gasteiger partial charge in [-0.05, 0) is 25.0 Å². The second-order valence-electron chi connectivity index (χ2n) is 5.00. The zero-order valence-electron chi connectivity index (χ0n) is 10.7. The third-order valence-corrected chi connectivity index (χ3v) is 3.47. The minimum absolute atomic E-state index is 0.0590. The van der Waals surface area contributed by atoms with Gasteiger partial charge >= 0.3 is 6.03 Å². The first-order valence-corrected chi connectivity index (χ1v) is 6.58. The Morgan fingerprint density at radius 3 is 3.00 bits per heavy atom. The zero-order chi connectivity index (χ0) is 13.2. The summed E-state index contributed by atoms with van der Waals surface area (Å²) < 4.78 is 5.19. The zero-order valence-corrected chi connectivity index (χ0v) is 10.7. The lowest BCUT2D eigenvalue weighted by Crippen LogP contribution is -2.40. The molecule has 1 N–H and O–H groups in total. The normalized spacial score (nSPS) is 19.1. The molecular weight excluding hydrogens is 246 g/mol. The van der Waals surface area contributed by atoms with Crippen molar-refractivity contribution in [3.05, 3.63) is 24.2 Å². The highest BCUT2D eigenvalue weighted by Gasteiger charge is 2.39. The van der Waals surface area contributed by atoms with E-state index in [1.54, 1.807) is 16.1 Å². The number of rotatable bonds is 4. The molecule has 6 nitrogen and oxygen atoms in total. The highest BCUT2D eigenvalue weighted by molar-refractivity contribution is 5.87. The van der Waals surface area contributed by atoms with Gasteiger partial charge in [0.2, 0.25) is 5.91 Å². The van der Waals surface area contributed by atoms with E-state index in [0.29, 0.717) is 25.7 Å². The fourth-order valence-electron chi connectivity index (χ4n) is 2.27. The number of hydrogen-bond acceptors (Lipinski definition) is 3. The first kappa shape index (κ1) is 12.1. The van der Waals surface area contributed by atoms with E-state index in [1.807, 2.05) is 12.1 Å². The minimum atomic E-state index is -0.178. The second-order valence-corrected chi connectivity index (χ2v) is 5.00. The fourth-order valence-corrected chi connectivity index (χ4v) is 2.27. The molecular formula is C13H17N3O3. The van der Waals surface area contributed by atoms with Crippen LogP contribution in [0.1, 0.15) is 18.6 Å². The summed E-state index contributed by atoms with van der Waals surface area (Å²) in [6, 6.07) is 3.89. The van der Waals surface area contributed by atoms with Gasteiger partial charge in [0.1, 0.15) is 12.3 Å². The number of nitrogens with one attached hydrogen (secondary N) is 1. The van der Waals surface area contributed by atoms with Crippen LogP contribution in [0.15, 0.2) is 22.8 Å². The summed E-state index contributed by atoms with van der Waals surface area (Å²) in [5, 5.41) is 2.81. The molecule has 0 aromatic carbocycles.